The number of amides is 2. The maximum atomic E-state index is 12.3. The number of nitrogens with zero attached hydrogens (tertiary/aromatic N) is 2. The second kappa shape index (κ2) is 6.62. The Labute approximate surface area is 134 Å². The van der Waals surface area contributed by atoms with Crippen molar-refractivity contribution < 1.29 is 9.53 Å². The molecule has 2 heterocycles. The molecule has 1 N–H and O–H groups in total. The molecule has 1 aromatic carbocycles. The van der Waals surface area contributed by atoms with E-state index in [2.05, 4.69) is 16.4 Å². The lowest BCUT2D eigenvalue weighted by atomic mass is 10.1. The highest BCUT2D eigenvalue weighted by atomic mass is 32.1. The molecule has 1 aliphatic rings. The van der Waals surface area contributed by atoms with E-state index < -0.39 is 0 Å². The van der Waals surface area contributed by atoms with Crippen molar-refractivity contribution >= 4 is 27.6 Å². The van der Waals surface area contributed by atoms with Crippen molar-refractivity contribution in [1.82, 2.24) is 15.2 Å². The Kier molecular flexibility index (Phi) is 4.59. The zero-order valence-electron chi connectivity index (χ0n) is 12.9. The van der Waals surface area contributed by atoms with Crippen LogP contribution in [0.1, 0.15) is 24.4 Å². The Balaban J connectivity index is 1.62. The topological polar surface area (TPSA) is 54.5 Å². The highest BCUT2D eigenvalue weighted by molar-refractivity contribution is 7.18. The van der Waals surface area contributed by atoms with Crippen LogP contribution >= 0.6 is 11.3 Å². The second-order valence-corrected chi connectivity index (χ2v) is 6.78. The minimum Gasteiger partial charge on any atom is -0.381 e. The number of nitrogens with one attached hydrogen (secondary N) is 1. The van der Waals surface area contributed by atoms with Gasteiger partial charge in [0.2, 0.25) is 0 Å². The molecule has 1 fully saturated rings. The molecule has 0 saturated carbocycles. The molecule has 6 heteroatoms. The third-order valence-electron chi connectivity index (χ3n) is 4.14. The van der Waals surface area contributed by atoms with E-state index in [9.17, 15) is 4.79 Å². The van der Waals surface area contributed by atoms with Gasteiger partial charge in [0.05, 0.1) is 22.9 Å². The Bertz CT molecular complexity index is 619. The summed E-state index contributed by atoms with van der Waals surface area (Å²) in [5.74, 6) is 0.440. The minimum atomic E-state index is -0.0568. The van der Waals surface area contributed by atoms with Crippen LogP contribution in [-0.2, 0) is 4.74 Å². The molecule has 3 rings (SSSR count). The van der Waals surface area contributed by atoms with E-state index in [1.54, 1.807) is 16.2 Å². The van der Waals surface area contributed by atoms with Gasteiger partial charge < -0.3 is 15.0 Å². The molecule has 0 spiro atoms. The number of hydrogen-bond donors (Lipinski definition) is 1. The van der Waals surface area contributed by atoms with E-state index in [-0.39, 0.29) is 12.1 Å². The lowest BCUT2D eigenvalue weighted by molar-refractivity contribution is 0.179. The number of thiazole rings is 1. The minimum absolute atomic E-state index is 0.0442. The van der Waals surface area contributed by atoms with Crippen LogP contribution in [0.5, 0.6) is 0 Å². The number of carbonyl (C=O) groups is 1. The molecule has 118 valence electrons. The lowest BCUT2D eigenvalue weighted by Gasteiger charge is -2.24. The fraction of sp³-hybridized carbons (Fsp3) is 0.500. The molecule has 1 aliphatic heterocycles. The molecule has 2 aromatic rings. The van der Waals surface area contributed by atoms with Crippen LogP contribution in [0.4, 0.5) is 4.79 Å². The van der Waals surface area contributed by atoms with Crippen molar-refractivity contribution in [2.24, 2.45) is 5.92 Å². The monoisotopic (exact) mass is 319 g/mol. The number of para-hydroxylation sites is 1. The number of rotatable bonds is 4. The van der Waals surface area contributed by atoms with Gasteiger partial charge in [-0.15, -0.1) is 11.3 Å². The molecular weight excluding hydrogens is 298 g/mol. The summed E-state index contributed by atoms with van der Waals surface area (Å²) in [6.07, 6.45) is 1.03. The normalized spacial score (nSPS) is 19.3. The van der Waals surface area contributed by atoms with E-state index in [0.717, 1.165) is 34.9 Å². The van der Waals surface area contributed by atoms with Gasteiger partial charge in [-0.25, -0.2) is 9.78 Å². The Morgan fingerprint density at radius 1 is 1.55 bits per heavy atom. The summed E-state index contributed by atoms with van der Waals surface area (Å²) in [6.45, 7) is 4.24. The van der Waals surface area contributed by atoms with E-state index in [0.29, 0.717) is 12.5 Å². The largest absolute Gasteiger partial charge is 0.381 e. The average Bonchev–Trinajstić information content (AvgIpc) is 3.19. The van der Waals surface area contributed by atoms with E-state index >= 15 is 0 Å². The first-order valence-corrected chi connectivity index (χ1v) is 8.40. The summed E-state index contributed by atoms with van der Waals surface area (Å²) >= 11 is 1.64. The van der Waals surface area contributed by atoms with Gasteiger partial charge >= 0.3 is 6.03 Å². The third-order valence-corrected chi connectivity index (χ3v) is 5.34. The Morgan fingerprint density at radius 2 is 2.36 bits per heavy atom. The molecule has 0 aliphatic carbocycles. The number of hydrogen-bond acceptors (Lipinski definition) is 4. The van der Waals surface area contributed by atoms with Crippen LogP contribution < -0.4 is 5.32 Å². The fourth-order valence-electron chi connectivity index (χ4n) is 2.51. The molecule has 2 atom stereocenters. The van der Waals surface area contributed by atoms with Crippen LogP contribution in [0.2, 0.25) is 0 Å². The number of ether oxygens (including phenoxy) is 1. The van der Waals surface area contributed by atoms with Gasteiger partial charge in [0.25, 0.3) is 0 Å². The Morgan fingerprint density at radius 3 is 3.09 bits per heavy atom. The molecule has 2 amide bonds. The van der Waals surface area contributed by atoms with Gasteiger partial charge in [0.1, 0.15) is 5.01 Å². The van der Waals surface area contributed by atoms with Crippen LogP contribution in [0.3, 0.4) is 0 Å². The summed E-state index contributed by atoms with van der Waals surface area (Å²) in [7, 11) is 1.82. The van der Waals surface area contributed by atoms with Crippen LogP contribution in [0, 0.1) is 5.92 Å². The maximum Gasteiger partial charge on any atom is 0.317 e. The summed E-state index contributed by atoms with van der Waals surface area (Å²) in [4.78, 5) is 18.6. The van der Waals surface area contributed by atoms with Crippen molar-refractivity contribution in [2.45, 2.75) is 19.4 Å². The third kappa shape index (κ3) is 3.23. The summed E-state index contributed by atoms with van der Waals surface area (Å²) < 4.78 is 6.48. The highest BCUT2D eigenvalue weighted by Crippen LogP contribution is 2.28. The molecule has 1 saturated heterocycles. The first-order chi connectivity index (χ1) is 10.6. The van der Waals surface area contributed by atoms with Gasteiger partial charge in [-0.2, -0.15) is 0 Å². The van der Waals surface area contributed by atoms with Gasteiger partial charge in [-0.3, -0.25) is 0 Å². The predicted octanol–water partition coefficient (Wildman–Crippen LogP) is 3.04. The molecule has 5 nitrogen and oxygen atoms in total. The van der Waals surface area contributed by atoms with E-state index in [1.807, 2.05) is 32.2 Å². The summed E-state index contributed by atoms with van der Waals surface area (Å²) in [6, 6.07) is 7.95. The van der Waals surface area contributed by atoms with Gasteiger partial charge in [0, 0.05) is 26.1 Å². The molecule has 0 unspecified atom stereocenters. The van der Waals surface area contributed by atoms with Crippen molar-refractivity contribution in [3.63, 3.8) is 0 Å². The standard InChI is InChI=1S/C16H21N3O2S/c1-11(15-18-13-5-3-4-6-14(13)22-15)19(2)16(20)17-9-12-7-8-21-10-12/h3-6,11-12H,7-10H2,1-2H3,(H,17,20)/t11-,12-/m1/s1. The zero-order valence-corrected chi connectivity index (χ0v) is 13.7. The number of benzene rings is 1. The van der Waals surface area contributed by atoms with Crippen LogP contribution in [0.25, 0.3) is 10.2 Å². The zero-order chi connectivity index (χ0) is 15.5. The van der Waals surface area contributed by atoms with Crippen molar-refractivity contribution in [3.05, 3.63) is 29.3 Å². The SMILES string of the molecule is C[C@H](c1nc2ccccc2s1)N(C)C(=O)NC[C@H]1CCOC1. The predicted molar refractivity (Wildman–Crippen MR) is 88.1 cm³/mol. The number of fused-ring (bicyclic) bond motifs is 1. The van der Waals surface area contributed by atoms with E-state index in [1.165, 1.54) is 0 Å². The lowest BCUT2D eigenvalue weighted by Crippen LogP contribution is -2.40. The number of urea groups is 1. The molecule has 22 heavy (non-hydrogen) atoms. The second-order valence-electron chi connectivity index (χ2n) is 5.72. The first kappa shape index (κ1) is 15.2. The molecule has 1 aromatic heterocycles. The first-order valence-electron chi connectivity index (χ1n) is 7.59. The van der Waals surface area contributed by atoms with E-state index in [4.69, 9.17) is 4.74 Å². The number of aromatic nitrogens is 1. The molecule has 0 bridgehead atoms. The smallest absolute Gasteiger partial charge is 0.317 e. The molecule has 0 radical (unpaired) electrons. The average molecular weight is 319 g/mol. The molecular formula is C16H21N3O2S. The van der Waals surface area contributed by atoms with Crippen molar-refractivity contribution in [2.75, 3.05) is 26.8 Å². The van der Waals surface area contributed by atoms with Gasteiger partial charge in [0.15, 0.2) is 0 Å². The highest BCUT2D eigenvalue weighted by Gasteiger charge is 2.22. The fourth-order valence-corrected chi connectivity index (χ4v) is 3.57. The number of carbonyl (C=O) groups excluding carboxylic acids is 1. The maximum absolute atomic E-state index is 12.3. The Hall–Kier alpha value is -1.66. The van der Waals surface area contributed by atoms with Crippen LogP contribution in [-0.4, -0.2) is 42.7 Å². The summed E-state index contributed by atoms with van der Waals surface area (Å²) in [5.41, 5.74) is 0.992. The summed E-state index contributed by atoms with van der Waals surface area (Å²) in [5, 5.41) is 3.95. The van der Waals surface area contributed by atoms with Gasteiger partial charge in [-0.05, 0) is 25.5 Å². The van der Waals surface area contributed by atoms with Crippen molar-refractivity contribution in [1.29, 1.82) is 0 Å². The van der Waals surface area contributed by atoms with Crippen LogP contribution in [0.15, 0.2) is 24.3 Å². The quantitative estimate of drug-likeness (QED) is 0.942. The van der Waals surface area contributed by atoms with Crippen molar-refractivity contribution in [3.8, 4) is 0 Å². The van der Waals surface area contributed by atoms with Gasteiger partial charge in [-0.1, -0.05) is 12.1 Å².